The first-order chi connectivity index (χ1) is 10.1. The zero-order valence-corrected chi connectivity index (χ0v) is 11.9. The van der Waals surface area contributed by atoms with E-state index in [2.05, 4.69) is 0 Å². The van der Waals surface area contributed by atoms with E-state index < -0.39 is 11.9 Å². The maximum atomic E-state index is 14.0. The van der Waals surface area contributed by atoms with Gasteiger partial charge in [0, 0.05) is 6.42 Å². The summed E-state index contributed by atoms with van der Waals surface area (Å²) in [5.41, 5.74) is 7.21. The van der Waals surface area contributed by atoms with Crippen molar-refractivity contribution in [1.29, 1.82) is 0 Å². The summed E-state index contributed by atoms with van der Waals surface area (Å²) < 4.78 is 18.9. The zero-order valence-electron chi connectivity index (χ0n) is 11.9. The van der Waals surface area contributed by atoms with E-state index in [-0.39, 0.29) is 18.0 Å². The quantitative estimate of drug-likeness (QED) is 0.888. The predicted molar refractivity (Wildman–Crippen MR) is 79.8 cm³/mol. The largest absolute Gasteiger partial charge is 0.494 e. The molecule has 0 aromatic heterocycles. The molecular weight excluding hydrogens is 269 g/mol. The number of nitrogens with two attached hydrogens (primary N) is 1. The topological polar surface area (TPSA) is 52.3 Å². The molecular formula is C17H18FNO2. The van der Waals surface area contributed by atoms with Gasteiger partial charge in [-0.1, -0.05) is 42.5 Å². The van der Waals surface area contributed by atoms with Gasteiger partial charge in [-0.3, -0.25) is 4.79 Å². The molecule has 110 valence electrons. The summed E-state index contributed by atoms with van der Waals surface area (Å²) in [5.74, 6) is -0.553. The Bertz CT molecular complexity index is 613. The first-order valence-electron chi connectivity index (χ1n) is 6.75. The van der Waals surface area contributed by atoms with Crippen LogP contribution in [-0.4, -0.2) is 18.9 Å². The van der Waals surface area contributed by atoms with Crippen molar-refractivity contribution in [3.63, 3.8) is 0 Å². The highest BCUT2D eigenvalue weighted by molar-refractivity contribution is 5.86. The molecule has 4 heteroatoms. The summed E-state index contributed by atoms with van der Waals surface area (Å²) in [5, 5.41) is 0. The SMILES string of the molecule is COc1cccc(CC(=O)C(N)Cc2ccccc2)c1F. The van der Waals surface area contributed by atoms with Gasteiger partial charge in [-0.15, -0.1) is 0 Å². The van der Waals surface area contributed by atoms with Crippen LogP contribution in [0.1, 0.15) is 11.1 Å². The summed E-state index contributed by atoms with van der Waals surface area (Å²) in [7, 11) is 1.39. The molecule has 0 fully saturated rings. The van der Waals surface area contributed by atoms with E-state index in [4.69, 9.17) is 10.5 Å². The van der Waals surface area contributed by atoms with Crippen molar-refractivity contribution in [2.24, 2.45) is 5.73 Å². The van der Waals surface area contributed by atoms with Crippen LogP contribution >= 0.6 is 0 Å². The fourth-order valence-electron chi connectivity index (χ4n) is 2.15. The summed E-state index contributed by atoms with van der Waals surface area (Å²) in [6.45, 7) is 0. The van der Waals surface area contributed by atoms with Gasteiger partial charge in [0.1, 0.15) is 0 Å². The van der Waals surface area contributed by atoms with Crippen LogP contribution in [0.25, 0.3) is 0 Å². The van der Waals surface area contributed by atoms with E-state index >= 15 is 0 Å². The lowest BCUT2D eigenvalue weighted by molar-refractivity contribution is -0.119. The molecule has 0 radical (unpaired) electrons. The van der Waals surface area contributed by atoms with Gasteiger partial charge in [-0.05, 0) is 23.6 Å². The lowest BCUT2D eigenvalue weighted by atomic mass is 9.98. The molecule has 0 aliphatic carbocycles. The molecule has 0 saturated carbocycles. The van der Waals surface area contributed by atoms with Crippen molar-refractivity contribution in [3.05, 3.63) is 65.5 Å². The van der Waals surface area contributed by atoms with Gasteiger partial charge in [-0.2, -0.15) is 0 Å². The van der Waals surface area contributed by atoms with Crippen molar-refractivity contribution in [3.8, 4) is 5.75 Å². The van der Waals surface area contributed by atoms with Gasteiger partial charge in [0.2, 0.25) is 0 Å². The summed E-state index contributed by atoms with van der Waals surface area (Å²) >= 11 is 0. The number of ether oxygens (including phenoxy) is 1. The van der Waals surface area contributed by atoms with E-state index in [1.807, 2.05) is 30.3 Å². The first kappa shape index (κ1) is 15.2. The molecule has 2 rings (SSSR count). The number of benzene rings is 2. The highest BCUT2D eigenvalue weighted by Crippen LogP contribution is 2.20. The molecule has 2 N–H and O–H groups in total. The molecule has 1 atom stereocenters. The lowest BCUT2D eigenvalue weighted by Gasteiger charge is -2.12. The second-order valence-corrected chi connectivity index (χ2v) is 4.87. The average molecular weight is 287 g/mol. The van der Waals surface area contributed by atoms with Crippen LogP contribution in [0, 0.1) is 5.82 Å². The Morgan fingerprint density at radius 2 is 1.90 bits per heavy atom. The van der Waals surface area contributed by atoms with Gasteiger partial charge in [0.05, 0.1) is 13.2 Å². The van der Waals surface area contributed by atoms with Crippen LogP contribution < -0.4 is 10.5 Å². The van der Waals surface area contributed by atoms with Gasteiger partial charge >= 0.3 is 0 Å². The lowest BCUT2D eigenvalue weighted by Crippen LogP contribution is -2.34. The summed E-state index contributed by atoms with van der Waals surface area (Å²) in [4.78, 5) is 12.1. The molecule has 0 saturated heterocycles. The van der Waals surface area contributed by atoms with E-state index in [0.717, 1.165) is 5.56 Å². The maximum Gasteiger partial charge on any atom is 0.168 e. The highest BCUT2D eigenvalue weighted by atomic mass is 19.1. The molecule has 2 aromatic rings. The van der Waals surface area contributed by atoms with Crippen LogP contribution in [0.4, 0.5) is 4.39 Å². The Labute approximate surface area is 123 Å². The number of carbonyl (C=O) groups excluding carboxylic acids is 1. The number of carbonyl (C=O) groups is 1. The van der Waals surface area contributed by atoms with E-state index in [1.54, 1.807) is 12.1 Å². The number of Topliss-reactive ketones (excluding diaryl/α,β-unsaturated/α-hetero) is 1. The number of hydrogen-bond donors (Lipinski definition) is 1. The van der Waals surface area contributed by atoms with Crippen molar-refractivity contribution >= 4 is 5.78 Å². The minimum atomic E-state index is -0.641. The minimum Gasteiger partial charge on any atom is -0.494 e. The van der Waals surface area contributed by atoms with Crippen LogP contribution in [0.3, 0.4) is 0 Å². The fourth-order valence-corrected chi connectivity index (χ4v) is 2.15. The maximum absolute atomic E-state index is 14.0. The minimum absolute atomic E-state index is 0.0307. The summed E-state index contributed by atoms with van der Waals surface area (Å²) in [6, 6.07) is 13.6. The Balaban J connectivity index is 2.04. The molecule has 1 unspecified atom stereocenters. The first-order valence-corrected chi connectivity index (χ1v) is 6.75. The normalized spacial score (nSPS) is 12.0. The highest BCUT2D eigenvalue weighted by Gasteiger charge is 2.18. The molecule has 3 nitrogen and oxygen atoms in total. The number of methoxy groups -OCH3 is 1. The molecule has 21 heavy (non-hydrogen) atoms. The third-order valence-corrected chi connectivity index (χ3v) is 3.34. The smallest absolute Gasteiger partial charge is 0.168 e. The Hall–Kier alpha value is -2.20. The van der Waals surface area contributed by atoms with Crippen LogP contribution in [0.2, 0.25) is 0 Å². The fraction of sp³-hybridized carbons (Fsp3) is 0.235. The molecule has 0 amide bonds. The van der Waals surface area contributed by atoms with Gasteiger partial charge < -0.3 is 10.5 Å². The van der Waals surface area contributed by atoms with Gasteiger partial charge in [-0.25, -0.2) is 4.39 Å². The van der Waals surface area contributed by atoms with E-state index in [9.17, 15) is 9.18 Å². The van der Waals surface area contributed by atoms with Crippen molar-refractivity contribution in [2.45, 2.75) is 18.9 Å². The summed E-state index contributed by atoms with van der Waals surface area (Å²) in [6.07, 6.45) is 0.419. The monoisotopic (exact) mass is 287 g/mol. The third kappa shape index (κ3) is 3.89. The Morgan fingerprint density at radius 1 is 1.19 bits per heavy atom. The van der Waals surface area contributed by atoms with Gasteiger partial charge in [0.15, 0.2) is 17.3 Å². The predicted octanol–water partition coefficient (Wildman–Crippen LogP) is 2.52. The number of halogens is 1. The molecule has 0 heterocycles. The zero-order chi connectivity index (χ0) is 15.2. The van der Waals surface area contributed by atoms with Crippen molar-refractivity contribution in [1.82, 2.24) is 0 Å². The Morgan fingerprint density at radius 3 is 2.57 bits per heavy atom. The standard InChI is InChI=1S/C17H18FNO2/c1-21-16-9-5-8-13(17(16)18)11-15(20)14(19)10-12-6-3-2-4-7-12/h2-9,14H,10-11,19H2,1H3. The van der Waals surface area contributed by atoms with Gasteiger partial charge in [0.25, 0.3) is 0 Å². The van der Waals surface area contributed by atoms with Crippen LogP contribution in [-0.2, 0) is 17.6 Å². The Kier molecular flexibility index (Phi) is 5.06. The number of ketones is 1. The van der Waals surface area contributed by atoms with E-state index in [1.165, 1.54) is 13.2 Å². The van der Waals surface area contributed by atoms with Crippen molar-refractivity contribution < 1.29 is 13.9 Å². The van der Waals surface area contributed by atoms with Crippen molar-refractivity contribution in [2.75, 3.05) is 7.11 Å². The molecule has 0 aliphatic heterocycles. The molecule has 0 bridgehead atoms. The van der Waals surface area contributed by atoms with Crippen LogP contribution in [0.5, 0.6) is 5.75 Å². The third-order valence-electron chi connectivity index (χ3n) is 3.34. The second-order valence-electron chi connectivity index (χ2n) is 4.87. The van der Waals surface area contributed by atoms with E-state index in [0.29, 0.717) is 12.0 Å². The van der Waals surface area contributed by atoms with Crippen LogP contribution in [0.15, 0.2) is 48.5 Å². The number of hydrogen-bond acceptors (Lipinski definition) is 3. The molecule has 2 aromatic carbocycles. The number of rotatable bonds is 6. The molecule has 0 spiro atoms. The second kappa shape index (κ2) is 6.99. The average Bonchev–Trinajstić information content (AvgIpc) is 2.50. The molecule has 0 aliphatic rings.